The van der Waals surface area contributed by atoms with Crippen LogP contribution in [0, 0.1) is 0 Å². The van der Waals surface area contributed by atoms with Crippen molar-refractivity contribution in [3.63, 3.8) is 0 Å². The molecular formula is HF18MoP6. The SMILES string of the molecule is FP(F)F.FP(F)F.FP(F)F.FP(F)F.FP(F)F.F[PH](F)(F)[Mo]. The first-order chi connectivity index (χ1) is 10.7. The molecule has 0 spiro atoms. The van der Waals surface area contributed by atoms with E-state index in [9.17, 15) is 75.5 Å². The third-order valence-electron chi connectivity index (χ3n) is 0. The molecule has 0 rings (SSSR count). The van der Waals surface area contributed by atoms with Crippen LogP contribution >= 0.6 is 50.6 Å². The van der Waals surface area contributed by atoms with E-state index in [2.05, 4.69) is 0 Å². The summed E-state index contributed by atoms with van der Waals surface area (Å²) in [5.41, 5.74) is 0. The van der Waals surface area contributed by atoms with Gasteiger partial charge in [0.15, 0.2) is 0 Å². The molecule has 0 fully saturated rings. The Labute approximate surface area is 146 Å². The summed E-state index contributed by atoms with van der Waals surface area (Å²) in [5.74, 6) is 0. The molecule has 0 aromatic carbocycles. The van der Waals surface area contributed by atoms with Crippen molar-refractivity contribution in [1.29, 1.82) is 0 Å². The van der Waals surface area contributed by atoms with Gasteiger partial charge in [-0.2, -0.15) is 63.0 Å². The predicted molar refractivity (Wildman–Crippen MR) is 62.9 cm³/mol. The van der Waals surface area contributed by atoms with Crippen LogP contribution in [0.25, 0.3) is 0 Å². The van der Waals surface area contributed by atoms with E-state index < -0.39 is 50.6 Å². The summed E-state index contributed by atoms with van der Waals surface area (Å²) in [6.45, 7) is 0. The first-order valence-electron chi connectivity index (χ1n) is 3.31. The summed E-state index contributed by atoms with van der Waals surface area (Å²) in [4.78, 5) is 0. The third-order valence-corrected chi connectivity index (χ3v) is 0. The van der Waals surface area contributed by atoms with Crippen molar-refractivity contribution in [2.75, 3.05) is 0 Å². The van der Waals surface area contributed by atoms with E-state index in [1.165, 1.54) is 0 Å². The number of hydrogen-bond acceptors (Lipinski definition) is 0. The van der Waals surface area contributed by atoms with Gasteiger partial charge < -0.3 is 0 Å². The maximum absolute atomic E-state index is 10.5. The van der Waals surface area contributed by atoms with Crippen LogP contribution in [-0.4, -0.2) is 0 Å². The van der Waals surface area contributed by atoms with Crippen LogP contribution in [-0.2, 0) is 19.3 Å². The van der Waals surface area contributed by atoms with Crippen molar-refractivity contribution in [1.82, 2.24) is 0 Å². The van der Waals surface area contributed by atoms with Crippen LogP contribution in [0.1, 0.15) is 0 Å². The zero-order valence-corrected chi connectivity index (χ0v) is 17.4. The van der Waals surface area contributed by atoms with Crippen LogP contribution < -0.4 is 0 Å². The van der Waals surface area contributed by atoms with Gasteiger partial charge in [0.05, 0.1) is 0 Å². The molecule has 0 amide bonds. The second-order valence-electron chi connectivity index (χ2n) is 1.40. The van der Waals surface area contributed by atoms with Crippen LogP contribution in [0.2, 0.25) is 0 Å². The predicted octanol–water partition coefficient (Wildman–Crippen LogP) is 12.5. The van der Waals surface area contributed by atoms with Crippen molar-refractivity contribution in [3.8, 4) is 0 Å². The average Bonchev–Trinajstić information content (AvgIpc) is 2.06. The minimum absolute atomic E-state index is 0.263. The second kappa shape index (κ2) is 30.7. The van der Waals surface area contributed by atoms with Gasteiger partial charge in [0.1, 0.15) is 0 Å². The van der Waals surface area contributed by atoms with Gasteiger partial charge in [0.25, 0.3) is 0 Å². The molecule has 0 N–H and O–H groups in total. The molecule has 0 aliphatic heterocycles. The molecule has 0 heterocycles. The molecule has 0 nitrogen and oxygen atoms in total. The van der Waals surface area contributed by atoms with Crippen LogP contribution in [0.4, 0.5) is 75.5 Å². The summed E-state index contributed by atoms with van der Waals surface area (Å²) in [7, 11) is -20.6. The van der Waals surface area contributed by atoms with Gasteiger partial charge in [0, 0.05) is 0 Å². The molecule has 0 aromatic rings. The summed E-state index contributed by atoms with van der Waals surface area (Å²) >= 11 is 0.263. The average molecular weight is 625 g/mol. The van der Waals surface area contributed by atoms with Crippen molar-refractivity contribution in [3.05, 3.63) is 0 Å². The Morgan fingerprint density at radius 1 is 0.360 bits per heavy atom. The molecule has 25 heavy (non-hydrogen) atoms. The maximum atomic E-state index is 10.5. The van der Waals surface area contributed by atoms with Gasteiger partial charge >= 0.3 is 82.5 Å². The summed E-state index contributed by atoms with van der Waals surface area (Å²) in [6.07, 6.45) is -5.10. The Morgan fingerprint density at radius 2 is 0.360 bits per heavy atom. The van der Waals surface area contributed by atoms with Gasteiger partial charge in [-0.1, -0.05) is 0 Å². The fourth-order valence-corrected chi connectivity index (χ4v) is 0. The molecule has 0 aliphatic carbocycles. The van der Waals surface area contributed by atoms with Crippen LogP contribution in [0.15, 0.2) is 0 Å². The Morgan fingerprint density at radius 3 is 0.360 bits per heavy atom. The Kier molecular flexibility index (Phi) is 50.9. The van der Waals surface area contributed by atoms with Crippen molar-refractivity contribution < 1.29 is 94.9 Å². The van der Waals surface area contributed by atoms with E-state index in [0.29, 0.717) is 0 Å². The molecule has 0 saturated carbocycles. The number of hydrogen-bond donors (Lipinski definition) is 0. The summed E-state index contributed by atoms with van der Waals surface area (Å²) in [6, 6.07) is 0. The van der Waals surface area contributed by atoms with Gasteiger partial charge in [-0.15, -0.1) is 0 Å². The fraction of sp³-hybridized carbons (Fsp3) is 0. The zero-order valence-electron chi connectivity index (χ0n) is 9.95. The number of rotatable bonds is 0. The standard InChI is InChI=1S/F3HP.5F3P.Mo/c6*1-4(2)3;/h4H;;;;;;/q+1;;;;;;-1. The molecule has 0 saturated heterocycles. The van der Waals surface area contributed by atoms with E-state index in [1.807, 2.05) is 0 Å². The first-order valence-corrected chi connectivity index (χ1v) is 12.9. The van der Waals surface area contributed by atoms with Crippen molar-refractivity contribution in [2.24, 2.45) is 0 Å². The quantitative estimate of drug-likeness (QED) is 0.143. The van der Waals surface area contributed by atoms with E-state index >= 15 is 0 Å². The number of halogens is 18. The second-order valence-corrected chi connectivity index (χ2v) is 7.63. The Balaban J connectivity index is -0.0000000434. The first kappa shape index (κ1) is 41.4. The molecule has 163 valence electrons. The van der Waals surface area contributed by atoms with E-state index in [-0.39, 0.29) is 19.3 Å². The molecule has 0 atom stereocenters. The van der Waals surface area contributed by atoms with Gasteiger partial charge in [-0.3, -0.25) is 0 Å². The van der Waals surface area contributed by atoms with E-state index in [1.54, 1.807) is 0 Å². The molecule has 25 heteroatoms. The van der Waals surface area contributed by atoms with E-state index in [4.69, 9.17) is 0 Å². The van der Waals surface area contributed by atoms with Crippen molar-refractivity contribution >= 4 is 50.6 Å². The van der Waals surface area contributed by atoms with Crippen LogP contribution in [0.5, 0.6) is 0 Å². The van der Waals surface area contributed by atoms with Gasteiger partial charge in [-0.25, -0.2) is 0 Å². The topological polar surface area (TPSA) is 0 Å². The fourth-order valence-electron chi connectivity index (χ4n) is 0. The third kappa shape index (κ3) is 3720. The minimum atomic E-state index is -5.10. The molecule has 0 radical (unpaired) electrons. The summed E-state index contributed by atoms with van der Waals surface area (Å²) in [5, 5.41) is 0. The van der Waals surface area contributed by atoms with Gasteiger partial charge in [0.2, 0.25) is 0 Å². The molecule has 0 aromatic heterocycles. The summed E-state index contributed by atoms with van der Waals surface area (Å²) < 4.78 is 177. The Bertz CT molecular complexity index is 136. The van der Waals surface area contributed by atoms with Crippen molar-refractivity contribution in [2.45, 2.75) is 0 Å². The molecular weight excluding hydrogens is 624 g/mol. The monoisotopic (exact) mass is 627 g/mol. The van der Waals surface area contributed by atoms with Crippen LogP contribution in [0.3, 0.4) is 0 Å². The molecule has 0 aliphatic rings. The molecule has 0 bridgehead atoms. The van der Waals surface area contributed by atoms with Gasteiger partial charge in [-0.05, 0) is 0 Å². The molecule has 0 unspecified atom stereocenters. The van der Waals surface area contributed by atoms with E-state index in [0.717, 1.165) is 0 Å². The normalized spacial score (nSPS) is 10.2. The Hall–Kier alpha value is 2.01. The zero-order chi connectivity index (χ0) is 22.4.